The van der Waals surface area contributed by atoms with Crippen molar-refractivity contribution in [1.82, 2.24) is 5.32 Å². The topological polar surface area (TPSA) is 126 Å². The minimum absolute atomic E-state index is 0.111. The fourth-order valence-electron chi connectivity index (χ4n) is 4.34. The van der Waals surface area contributed by atoms with Crippen molar-refractivity contribution in [2.45, 2.75) is 77.9 Å². The highest BCUT2D eigenvalue weighted by atomic mass is 16.6. The summed E-state index contributed by atoms with van der Waals surface area (Å²) >= 11 is 0. The molecule has 0 aliphatic carbocycles. The molecule has 1 amide bonds. The van der Waals surface area contributed by atoms with E-state index in [0.29, 0.717) is 40.5 Å². The quantitative estimate of drug-likeness (QED) is 0.0868. The number of ether oxygens (including phenoxy) is 4. The van der Waals surface area contributed by atoms with E-state index >= 15 is 0 Å². The summed E-state index contributed by atoms with van der Waals surface area (Å²) in [5.74, 6) is -0.368. The van der Waals surface area contributed by atoms with Crippen molar-refractivity contribution in [1.29, 1.82) is 0 Å². The van der Waals surface area contributed by atoms with Gasteiger partial charge in [0.15, 0.2) is 11.5 Å². The van der Waals surface area contributed by atoms with Crippen LogP contribution in [0.4, 0.5) is 5.69 Å². The minimum Gasteiger partial charge on any atom is -0.494 e. The molecule has 0 aromatic heterocycles. The van der Waals surface area contributed by atoms with Crippen LogP contribution in [0.5, 0.6) is 17.2 Å². The summed E-state index contributed by atoms with van der Waals surface area (Å²) in [6, 6.07) is 17.2. The summed E-state index contributed by atoms with van der Waals surface area (Å²) in [7, 11) is 1.46. The molecular formula is C35H44N2O7. The zero-order chi connectivity index (χ0) is 32.1. The van der Waals surface area contributed by atoms with Crippen molar-refractivity contribution in [3.8, 4) is 17.2 Å². The van der Waals surface area contributed by atoms with Crippen molar-refractivity contribution >= 4 is 23.5 Å². The number of nitrogen functional groups attached to an aromatic ring is 1. The van der Waals surface area contributed by atoms with E-state index in [0.717, 1.165) is 12.8 Å². The van der Waals surface area contributed by atoms with E-state index in [1.54, 1.807) is 87.5 Å². The normalized spacial score (nSPS) is 11.8. The standard InChI is InChI=1S/C35H44N2O7/c1-6-7-8-9-10-21-42-28-18-14-26(15-19-28)33(39)43-30-20-11-24(23-31(30)41-5)22-29(34(40)44-35(2,3)4)37-32(38)25-12-16-27(36)17-13-25/h11-20,23,29H,6-10,21-22,36H2,1-5H3,(H,37,38). The van der Waals surface area contributed by atoms with Crippen molar-refractivity contribution in [2.75, 3.05) is 19.5 Å². The molecule has 9 nitrogen and oxygen atoms in total. The zero-order valence-corrected chi connectivity index (χ0v) is 26.3. The highest BCUT2D eigenvalue weighted by Crippen LogP contribution is 2.30. The molecule has 0 aliphatic heterocycles. The molecule has 44 heavy (non-hydrogen) atoms. The van der Waals surface area contributed by atoms with Crippen LogP contribution in [-0.4, -0.2) is 43.2 Å². The Morgan fingerprint density at radius 1 is 0.841 bits per heavy atom. The van der Waals surface area contributed by atoms with Gasteiger partial charge >= 0.3 is 11.9 Å². The number of hydrogen-bond donors (Lipinski definition) is 2. The number of carbonyl (C=O) groups is 3. The van der Waals surface area contributed by atoms with Gasteiger partial charge in [-0.25, -0.2) is 9.59 Å². The second kappa shape index (κ2) is 16.4. The van der Waals surface area contributed by atoms with E-state index in [4.69, 9.17) is 24.7 Å². The summed E-state index contributed by atoms with van der Waals surface area (Å²) in [6.45, 7) is 8.09. The number of benzene rings is 3. The number of rotatable bonds is 15. The van der Waals surface area contributed by atoms with Gasteiger partial charge in [0.2, 0.25) is 0 Å². The first-order chi connectivity index (χ1) is 21.0. The Kier molecular flexibility index (Phi) is 12.6. The summed E-state index contributed by atoms with van der Waals surface area (Å²) in [6.07, 6.45) is 5.89. The molecule has 0 saturated heterocycles. The van der Waals surface area contributed by atoms with Crippen LogP contribution in [0.1, 0.15) is 86.1 Å². The molecule has 236 valence electrons. The monoisotopic (exact) mass is 604 g/mol. The molecule has 3 aromatic carbocycles. The number of esters is 2. The average Bonchev–Trinajstić information content (AvgIpc) is 2.99. The lowest BCUT2D eigenvalue weighted by Crippen LogP contribution is -2.45. The molecule has 1 unspecified atom stereocenters. The van der Waals surface area contributed by atoms with Gasteiger partial charge in [0.05, 0.1) is 19.3 Å². The van der Waals surface area contributed by atoms with Gasteiger partial charge in [-0.1, -0.05) is 38.7 Å². The van der Waals surface area contributed by atoms with Crippen LogP contribution in [0.15, 0.2) is 66.7 Å². The predicted octanol–water partition coefficient (Wildman–Crippen LogP) is 6.53. The SMILES string of the molecule is CCCCCCCOc1ccc(C(=O)Oc2ccc(CC(NC(=O)c3ccc(N)cc3)C(=O)OC(C)(C)C)cc2OC)cc1. The maximum atomic E-state index is 13.1. The molecule has 0 aliphatic rings. The van der Waals surface area contributed by atoms with Gasteiger partial charge in [-0.15, -0.1) is 0 Å². The van der Waals surface area contributed by atoms with Crippen molar-refractivity contribution in [3.63, 3.8) is 0 Å². The lowest BCUT2D eigenvalue weighted by atomic mass is 10.0. The van der Waals surface area contributed by atoms with E-state index in [2.05, 4.69) is 12.2 Å². The van der Waals surface area contributed by atoms with Gasteiger partial charge in [-0.2, -0.15) is 0 Å². The summed E-state index contributed by atoms with van der Waals surface area (Å²) in [5.41, 5.74) is 6.88. The van der Waals surface area contributed by atoms with Crippen LogP contribution in [0.25, 0.3) is 0 Å². The Morgan fingerprint density at radius 2 is 1.50 bits per heavy atom. The number of anilines is 1. The fourth-order valence-corrected chi connectivity index (χ4v) is 4.34. The zero-order valence-electron chi connectivity index (χ0n) is 26.3. The summed E-state index contributed by atoms with van der Waals surface area (Å²) < 4.78 is 22.5. The van der Waals surface area contributed by atoms with Crippen LogP contribution in [0.3, 0.4) is 0 Å². The van der Waals surface area contributed by atoms with E-state index in [1.807, 2.05) is 0 Å². The number of nitrogens with two attached hydrogens (primary N) is 1. The largest absolute Gasteiger partial charge is 0.494 e. The number of carbonyl (C=O) groups excluding carboxylic acids is 3. The minimum atomic E-state index is -0.991. The Bertz CT molecular complexity index is 1380. The number of nitrogens with one attached hydrogen (secondary N) is 1. The van der Waals surface area contributed by atoms with Gasteiger partial charge in [-0.3, -0.25) is 4.79 Å². The molecule has 9 heteroatoms. The summed E-state index contributed by atoms with van der Waals surface area (Å²) in [4.78, 5) is 38.9. The maximum Gasteiger partial charge on any atom is 0.343 e. The fraction of sp³-hybridized carbons (Fsp3) is 0.400. The van der Waals surface area contributed by atoms with Gasteiger partial charge in [0.25, 0.3) is 5.91 Å². The van der Waals surface area contributed by atoms with Crippen molar-refractivity contribution < 1.29 is 33.3 Å². The molecule has 3 N–H and O–H groups in total. The Morgan fingerprint density at radius 3 is 2.14 bits per heavy atom. The highest BCUT2D eigenvalue weighted by Gasteiger charge is 2.28. The lowest BCUT2D eigenvalue weighted by molar-refractivity contribution is -0.157. The number of methoxy groups -OCH3 is 1. The second-order valence-electron chi connectivity index (χ2n) is 11.5. The average molecular weight is 605 g/mol. The molecule has 0 saturated carbocycles. The maximum absolute atomic E-state index is 13.1. The number of unbranched alkanes of at least 4 members (excludes halogenated alkanes) is 4. The molecule has 3 rings (SSSR count). The first-order valence-corrected chi connectivity index (χ1v) is 15.0. The third kappa shape index (κ3) is 10.9. The molecule has 1 atom stereocenters. The first-order valence-electron chi connectivity index (χ1n) is 15.0. The van der Waals surface area contributed by atoms with E-state index in [9.17, 15) is 14.4 Å². The third-order valence-corrected chi connectivity index (χ3v) is 6.65. The van der Waals surface area contributed by atoms with Crippen LogP contribution in [0, 0.1) is 0 Å². The van der Waals surface area contributed by atoms with Gasteiger partial charge < -0.3 is 30.0 Å². The van der Waals surface area contributed by atoms with Crippen LogP contribution < -0.4 is 25.3 Å². The van der Waals surface area contributed by atoms with Gasteiger partial charge in [0, 0.05) is 17.7 Å². The van der Waals surface area contributed by atoms with E-state index in [-0.39, 0.29) is 12.2 Å². The van der Waals surface area contributed by atoms with E-state index < -0.39 is 29.5 Å². The van der Waals surface area contributed by atoms with Crippen LogP contribution in [-0.2, 0) is 16.0 Å². The second-order valence-corrected chi connectivity index (χ2v) is 11.5. The Hall–Kier alpha value is -4.53. The van der Waals surface area contributed by atoms with Crippen molar-refractivity contribution in [3.05, 3.63) is 83.4 Å². The predicted molar refractivity (Wildman–Crippen MR) is 170 cm³/mol. The Balaban J connectivity index is 1.67. The van der Waals surface area contributed by atoms with Crippen LogP contribution in [0.2, 0.25) is 0 Å². The van der Waals surface area contributed by atoms with Gasteiger partial charge in [-0.05, 0) is 93.4 Å². The smallest absolute Gasteiger partial charge is 0.343 e. The van der Waals surface area contributed by atoms with Gasteiger partial charge in [0.1, 0.15) is 17.4 Å². The molecular weight excluding hydrogens is 560 g/mol. The van der Waals surface area contributed by atoms with Crippen LogP contribution >= 0.6 is 0 Å². The number of amides is 1. The van der Waals surface area contributed by atoms with Crippen molar-refractivity contribution in [2.24, 2.45) is 0 Å². The number of hydrogen-bond acceptors (Lipinski definition) is 8. The molecule has 0 radical (unpaired) electrons. The lowest BCUT2D eigenvalue weighted by Gasteiger charge is -2.25. The molecule has 0 spiro atoms. The molecule has 0 bridgehead atoms. The third-order valence-electron chi connectivity index (χ3n) is 6.65. The molecule has 3 aromatic rings. The summed E-state index contributed by atoms with van der Waals surface area (Å²) in [5, 5.41) is 2.77. The first kappa shape index (κ1) is 34.0. The molecule has 0 fully saturated rings. The Labute approximate surface area is 260 Å². The van der Waals surface area contributed by atoms with E-state index in [1.165, 1.54) is 26.4 Å². The molecule has 0 heterocycles. The highest BCUT2D eigenvalue weighted by molar-refractivity contribution is 5.97.